The third kappa shape index (κ3) is 5.71. The highest BCUT2D eigenvalue weighted by atomic mass is 79.9. The van der Waals surface area contributed by atoms with Crippen molar-refractivity contribution in [3.8, 4) is 5.75 Å². The molecule has 3 N–H and O–H groups in total. The summed E-state index contributed by atoms with van der Waals surface area (Å²) in [6, 6.07) is 13.6. The lowest BCUT2D eigenvalue weighted by molar-refractivity contribution is 0.251. The quantitative estimate of drug-likeness (QED) is 0.322. The molecule has 1 aromatic heterocycles. The Hall–Kier alpha value is -1.25. The number of aromatic nitrogens is 1. The third-order valence-electron chi connectivity index (χ3n) is 4.86. The number of fused-ring (bicyclic) bond motifs is 2. The van der Waals surface area contributed by atoms with Crippen LogP contribution in [0.15, 0.2) is 56.2 Å². The zero-order chi connectivity index (χ0) is 19.5. The number of nitrogens with one attached hydrogen (secondary N) is 3. The lowest BCUT2D eigenvalue weighted by atomic mass is 10.0. The van der Waals surface area contributed by atoms with Crippen molar-refractivity contribution in [3.05, 3.63) is 67.2 Å². The second-order valence-corrected chi connectivity index (χ2v) is 8.59. The number of hydrogen-bond acceptors (Lipinski definition) is 4. The average molecular weight is 580 g/mol. The van der Waals surface area contributed by atoms with Crippen LogP contribution >= 0.6 is 56.7 Å². The van der Waals surface area contributed by atoms with Crippen LogP contribution < -0.4 is 20.8 Å². The number of anilines is 1. The van der Waals surface area contributed by atoms with Gasteiger partial charge in [-0.05, 0) is 53.2 Å². The molecule has 0 fully saturated rings. The monoisotopic (exact) mass is 577 g/mol. The number of benzene rings is 2. The van der Waals surface area contributed by atoms with Crippen LogP contribution in [0.25, 0.3) is 10.9 Å². The lowest BCUT2D eigenvalue weighted by Gasteiger charge is -2.28. The van der Waals surface area contributed by atoms with Crippen molar-refractivity contribution in [2.24, 2.45) is 0 Å². The minimum atomic E-state index is 0. The van der Waals surface area contributed by atoms with Crippen molar-refractivity contribution < 1.29 is 4.74 Å². The molecule has 0 amide bonds. The van der Waals surface area contributed by atoms with E-state index >= 15 is 0 Å². The maximum Gasteiger partial charge on any atom is 0.191 e. The molecule has 1 atom stereocenters. The van der Waals surface area contributed by atoms with E-state index in [9.17, 15) is 4.79 Å². The number of ether oxygens (including phenoxy) is 1. The zero-order valence-corrected chi connectivity index (χ0v) is 20.8. The first-order chi connectivity index (χ1) is 13.6. The van der Waals surface area contributed by atoms with E-state index < -0.39 is 0 Å². The van der Waals surface area contributed by atoms with E-state index in [4.69, 9.17) is 4.74 Å². The molecule has 4 rings (SSSR count). The number of para-hydroxylation sites is 1. The summed E-state index contributed by atoms with van der Waals surface area (Å²) in [6.45, 7) is 2.36. The summed E-state index contributed by atoms with van der Waals surface area (Å²) in [6.07, 6.45) is 1.89. The van der Waals surface area contributed by atoms with E-state index in [2.05, 4.69) is 53.5 Å². The zero-order valence-electron chi connectivity index (χ0n) is 16.0. The van der Waals surface area contributed by atoms with Gasteiger partial charge in [-0.3, -0.25) is 4.79 Å². The van der Waals surface area contributed by atoms with Crippen LogP contribution in [0.3, 0.4) is 0 Å². The molecule has 9 heteroatoms. The highest BCUT2D eigenvalue weighted by Crippen LogP contribution is 2.40. The fraction of sp³-hybridized carbons (Fsp3) is 0.286. The van der Waals surface area contributed by atoms with Gasteiger partial charge in [-0.2, -0.15) is 0 Å². The number of rotatable bonds is 6. The fourth-order valence-electron chi connectivity index (χ4n) is 3.52. The van der Waals surface area contributed by atoms with Gasteiger partial charge < -0.3 is 20.4 Å². The van der Waals surface area contributed by atoms with Crippen molar-refractivity contribution >= 4 is 73.4 Å². The van der Waals surface area contributed by atoms with Crippen molar-refractivity contribution in [1.29, 1.82) is 0 Å². The minimum Gasteiger partial charge on any atom is -0.492 e. The van der Waals surface area contributed by atoms with Crippen molar-refractivity contribution in [1.82, 2.24) is 10.3 Å². The Labute approximate surface area is 204 Å². The average Bonchev–Trinajstić information content (AvgIpc) is 2.68. The molecule has 0 saturated carbocycles. The molecule has 0 saturated heterocycles. The topological polar surface area (TPSA) is 66.2 Å². The summed E-state index contributed by atoms with van der Waals surface area (Å²) in [5.74, 6) is 1.69. The van der Waals surface area contributed by atoms with Gasteiger partial charge >= 0.3 is 0 Å². The van der Waals surface area contributed by atoms with Crippen LogP contribution in [0.5, 0.6) is 5.75 Å². The number of pyridine rings is 1. The minimum absolute atomic E-state index is 0. The summed E-state index contributed by atoms with van der Waals surface area (Å²) in [7, 11) is 0. The molecule has 0 aliphatic carbocycles. The van der Waals surface area contributed by atoms with E-state index in [0.29, 0.717) is 12.0 Å². The van der Waals surface area contributed by atoms with Gasteiger partial charge in [0.15, 0.2) is 5.43 Å². The molecule has 0 radical (unpaired) electrons. The van der Waals surface area contributed by atoms with Gasteiger partial charge in [0.25, 0.3) is 0 Å². The summed E-state index contributed by atoms with van der Waals surface area (Å²) in [4.78, 5) is 15.4. The van der Waals surface area contributed by atoms with Gasteiger partial charge in [0.05, 0.1) is 16.6 Å². The Bertz CT molecular complexity index is 1060. The van der Waals surface area contributed by atoms with E-state index in [0.717, 1.165) is 52.0 Å². The molecule has 1 aliphatic heterocycles. The molecule has 1 aliphatic rings. The van der Waals surface area contributed by atoms with Gasteiger partial charge in [-0.25, -0.2) is 0 Å². The molecule has 2 aromatic carbocycles. The van der Waals surface area contributed by atoms with Crippen molar-refractivity contribution in [2.75, 3.05) is 25.0 Å². The predicted octanol–water partition coefficient (Wildman–Crippen LogP) is 5.81. The summed E-state index contributed by atoms with van der Waals surface area (Å²) < 4.78 is 7.83. The lowest BCUT2D eigenvalue weighted by Crippen LogP contribution is -2.29. The first kappa shape index (κ1) is 25.0. The number of H-pyrrole nitrogens is 1. The van der Waals surface area contributed by atoms with Crippen LogP contribution in [0.4, 0.5) is 5.82 Å². The standard InChI is InChI=1S/C21H21Br2N3O2.2ClH/c22-13-10-15-17(6-9-28-21(15)16(23)11-13)24-7-3-8-25-20-12-19(27)14-4-1-2-5-18(14)26-20;;/h1-2,4-5,10-12,17,24H,3,6-9H2,(H2,25,26,27);2*1H/t17-;;/m0../s1. The fourth-order valence-corrected chi connectivity index (χ4v) is 4.89. The van der Waals surface area contributed by atoms with Gasteiger partial charge in [0.2, 0.25) is 0 Å². The van der Waals surface area contributed by atoms with Gasteiger partial charge in [0, 0.05) is 40.5 Å². The maximum absolute atomic E-state index is 12.2. The number of hydrogen-bond donors (Lipinski definition) is 3. The van der Waals surface area contributed by atoms with Crippen LogP contribution in [0.1, 0.15) is 24.4 Å². The van der Waals surface area contributed by atoms with Crippen molar-refractivity contribution in [2.45, 2.75) is 18.9 Å². The summed E-state index contributed by atoms with van der Waals surface area (Å²) in [5, 5.41) is 7.66. The predicted molar refractivity (Wildman–Crippen MR) is 135 cm³/mol. The van der Waals surface area contributed by atoms with E-state index in [1.807, 2.05) is 30.3 Å². The van der Waals surface area contributed by atoms with Gasteiger partial charge in [0.1, 0.15) is 11.6 Å². The Balaban J connectivity index is 0.00000160. The molecule has 0 bridgehead atoms. The molecular formula is C21H23Br2Cl2N3O2. The maximum atomic E-state index is 12.2. The summed E-state index contributed by atoms with van der Waals surface area (Å²) >= 11 is 7.14. The molecule has 162 valence electrons. The van der Waals surface area contributed by atoms with Gasteiger partial charge in [-0.1, -0.05) is 28.1 Å². The summed E-state index contributed by atoms with van der Waals surface area (Å²) in [5.41, 5.74) is 2.06. The van der Waals surface area contributed by atoms with E-state index in [1.165, 1.54) is 5.56 Å². The Kier molecular flexibility index (Phi) is 9.50. The van der Waals surface area contributed by atoms with Crippen molar-refractivity contribution in [3.63, 3.8) is 0 Å². The first-order valence-electron chi connectivity index (χ1n) is 9.33. The van der Waals surface area contributed by atoms with Crippen LogP contribution in [-0.2, 0) is 0 Å². The largest absolute Gasteiger partial charge is 0.492 e. The van der Waals surface area contributed by atoms with Crippen LogP contribution in [-0.4, -0.2) is 24.7 Å². The molecule has 2 heterocycles. The second kappa shape index (κ2) is 11.4. The highest BCUT2D eigenvalue weighted by molar-refractivity contribution is 9.11. The molecule has 3 aromatic rings. The van der Waals surface area contributed by atoms with E-state index in [-0.39, 0.29) is 36.3 Å². The van der Waals surface area contributed by atoms with E-state index in [1.54, 1.807) is 6.07 Å². The second-order valence-electron chi connectivity index (χ2n) is 6.82. The van der Waals surface area contributed by atoms with Crippen LogP contribution in [0, 0.1) is 0 Å². The Morgan fingerprint density at radius 1 is 1.10 bits per heavy atom. The highest BCUT2D eigenvalue weighted by Gasteiger charge is 2.23. The molecule has 30 heavy (non-hydrogen) atoms. The van der Waals surface area contributed by atoms with Crippen LogP contribution in [0.2, 0.25) is 0 Å². The molecule has 5 nitrogen and oxygen atoms in total. The smallest absolute Gasteiger partial charge is 0.191 e. The third-order valence-corrected chi connectivity index (χ3v) is 5.91. The number of halogens is 4. The SMILES string of the molecule is Cl.Cl.O=c1cc(NCCCN[C@H]2CCOc3c(Br)cc(Br)cc32)[nH]c2ccccc12. The molecular weight excluding hydrogens is 557 g/mol. The Morgan fingerprint density at radius 3 is 2.73 bits per heavy atom. The molecule has 0 unspecified atom stereocenters. The number of aromatic amines is 1. The normalized spacial score (nSPS) is 14.8. The first-order valence-corrected chi connectivity index (χ1v) is 10.9. The van der Waals surface area contributed by atoms with Gasteiger partial charge in [-0.15, -0.1) is 24.8 Å². The molecule has 0 spiro atoms. The Morgan fingerprint density at radius 2 is 1.90 bits per heavy atom.